The van der Waals surface area contributed by atoms with E-state index in [0.29, 0.717) is 6.04 Å². The van der Waals surface area contributed by atoms with Gasteiger partial charge in [-0.1, -0.05) is 18.2 Å². The van der Waals surface area contributed by atoms with Crippen molar-refractivity contribution in [3.8, 4) is 0 Å². The second-order valence-electron chi connectivity index (χ2n) is 4.48. The molecule has 1 heterocycles. The fraction of sp³-hybridized carbons (Fsp3) is 0.538. The van der Waals surface area contributed by atoms with E-state index in [1.165, 1.54) is 16.7 Å². The fourth-order valence-corrected chi connectivity index (χ4v) is 2.76. The lowest BCUT2D eigenvalue weighted by molar-refractivity contribution is 0.190. The van der Waals surface area contributed by atoms with Crippen LogP contribution in [-0.2, 0) is 0 Å². The molecule has 1 aliphatic heterocycles. The van der Waals surface area contributed by atoms with Gasteiger partial charge >= 0.3 is 0 Å². The lowest BCUT2D eigenvalue weighted by Gasteiger charge is -2.36. The average molecular weight is 231 g/mol. The Morgan fingerprint density at radius 2 is 2.25 bits per heavy atom. The van der Waals surface area contributed by atoms with Crippen LogP contribution in [-0.4, -0.2) is 40.9 Å². The quantitative estimate of drug-likeness (QED) is 0.774. The molecule has 3 heteroatoms. The van der Waals surface area contributed by atoms with Gasteiger partial charge in [-0.3, -0.25) is 4.90 Å². The van der Waals surface area contributed by atoms with Gasteiger partial charge < -0.3 is 5.32 Å². The molecular formula is C13H19N2Si. The fourth-order valence-electron chi connectivity index (χ4n) is 2.38. The first-order valence-electron chi connectivity index (χ1n) is 5.89. The molecule has 0 spiro atoms. The highest BCUT2D eigenvalue weighted by molar-refractivity contribution is 6.08. The molecule has 1 atom stereocenters. The molecular weight excluding hydrogens is 212 g/mol. The highest BCUT2D eigenvalue weighted by atomic mass is 28.1. The average Bonchev–Trinajstić information content (AvgIpc) is 2.33. The van der Waals surface area contributed by atoms with Gasteiger partial charge in [-0.2, -0.15) is 0 Å². The first-order chi connectivity index (χ1) is 7.74. The number of piperazine rings is 1. The lowest BCUT2D eigenvalue weighted by atomic mass is 9.95. The van der Waals surface area contributed by atoms with Gasteiger partial charge in [-0.15, -0.1) is 0 Å². The standard InChI is InChI=1S/C13H19N2Si/c1-10-4-3-5-12(11(10)2)13-8-14-6-7-15(13)9-16/h3-5,13-14H,6-9H2,1-2H3. The minimum atomic E-state index is 0.506. The van der Waals surface area contributed by atoms with Crippen molar-refractivity contribution < 1.29 is 0 Å². The molecule has 0 aromatic heterocycles. The molecule has 1 fully saturated rings. The summed E-state index contributed by atoms with van der Waals surface area (Å²) in [6, 6.07) is 7.12. The van der Waals surface area contributed by atoms with E-state index in [4.69, 9.17) is 0 Å². The molecule has 1 N–H and O–H groups in total. The van der Waals surface area contributed by atoms with Gasteiger partial charge in [0.1, 0.15) is 0 Å². The maximum Gasteiger partial charge on any atom is 0.0472 e. The third kappa shape index (κ3) is 2.21. The van der Waals surface area contributed by atoms with Crippen LogP contribution < -0.4 is 5.32 Å². The SMILES string of the molecule is Cc1cccc(C2CNCCN2C[Si])c1C. The molecule has 0 saturated carbocycles. The number of hydrogen-bond acceptors (Lipinski definition) is 2. The normalized spacial score (nSPS) is 22.3. The van der Waals surface area contributed by atoms with Gasteiger partial charge in [0.15, 0.2) is 0 Å². The van der Waals surface area contributed by atoms with Crippen LogP contribution in [0.5, 0.6) is 0 Å². The largest absolute Gasteiger partial charge is 0.314 e. The zero-order valence-corrected chi connectivity index (χ0v) is 11.1. The molecule has 2 nitrogen and oxygen atoms in total. The van der Waals surface area contributed by atoms with E-state index in [2.05, 4.69) is 52.5 Å². The molecule has 0 bridgehead atoms. The smallest absolute Gasteiger partial charge is 0.0472 e. The molecule has 1 unspecified atom stereocenters. The zero-order valence-electron chi connectivity index (χ0n) is 10.1. The summed E-state index contributed by atoms with van der Waals surface area (Å²) in [6.45, 7) is 7.67. The minimum absolute atomic E-state index is 0.506. The Labute approximate surface area is 101 Å². The van der Waals surface area contributed by atoms with Crippen LogP contribution in [0.25, 0.3) is 0 Å². The zero-order chi connectivity index (χ0) is 11.5. The summed E-state index contributed by atoms with van der Waals surface area (Å²) in [6.07, 6.45) is 0.944. The lowest BCUT2D eigenvalue weighted by Crippen LogP contribution is -2.46. The van der Waals surface area contributed by atoms with Gasteiger partial charge in [-0.25, -0.2) is 0 Å². The molecule has 0 aliphatic carbocycles. The summed E-state index contributed by atoms with van der Waals surface area (Å²) in [5.41, 5.74) is 4.28. The highest BCUT2D eigenvalue weighted by Crippen LogP contribution is 2.26. The minimum Gasteiger partial charge on any atom is -0.314 e. The summed E-state index contributed by atoms with van der Waals surface area (Å²) in [5.74, 6) is 0. The number of benzene rings is 1. The Hall–Kier alpha value is -0.643. The number of aryl methyl sites for hydroxylation is 1. The molecule has 2 rings (SSSR count). The maximum absolute atomic E-state index is 3.64. The van der Waals surface area contributed by atoms with Crippen molar-refractivity contribution in [2.45, 2.75) is 19.9 Å². The summed E-state index contributed by atoms with van der Waals surface area (Å²) < 4.78 is 0. The van der Waals surface area contributed by atoms with E-state index in [9.17, 15) is 0 Å². The van der Waals surface area contributed by atoms with E-state index >= 15 is 0 Å². The predicted molar refractivity (Wildman–Crippen MR) is 68.9 cm³/mol. The first kappa shape index (κ1) is 11.8. The second kappa shape index (κ2) is 5.12. The monoisotopic (exact) mass is 231 g/mol. The van der Waals surface area contributed by atoms with Gasteiger partial charge in [0.2, 0.25) is 0 Å². The van der Waals surface area contributed by atoms with E-state index < -0.39 is 0 Å². The second-order valence-corrected chi connectivity index (χ2v) is 4.80. The van der Waals surface area contributed by atoms with Crippen molar-refractivity contribution in [2.24, 2.45) is 0 Å². The van der Waals surface area contributed by atoms with Crippen LogP contribution in [0.3, 0.4) is 0 Å². The number of hydrogen-bond donors (Lipinski definition) is 1. The van der Waals surface area contributed by atoms with Crippen molar-refractivity contribution in [2.75, 3.05) is 25.8 Å². The van der Waals surface area contributed by atoms with Gasteiger partial charge in [0.25, 0.3) is 0 Å². The van der Waals surface area contributed by atoms with Crippen LogP contribution in [0.15, 0.2) is 18.2 Å². The highest BCUT2D eigenvalue weighted by Gasteiger charge is 2.23. The van der Waals surface area contributed by atoms with Crippen molar-refractivity contribution in [3.05, 3.63) is 34.9 Å². The number of nitrogens with one attached hydrogen (secondary N) is 1. The van der Waals surface area contributed by atoms with E-state index in [0.717, 1.165) is 25.8 Å². The third-order valence-corrected chi connectivity index (χ3v) is 3.97. The van der Waals surface area contributed by atoms with E-state index in [1.807, 2.05) is 0 Å². The van der Waals surface area contributed by atoms with Crippen LogP contribution in [0.1, 0.15) is 22.7 Å². The summed E-state index contributed by atoms with van der Waals surface area (Å²) in [5, 5.41) is 3.48. The first-order valence-corrected chi connectivity index (χ1v) is 6.60. The predicted octanol–water partition coefficient (Wildman–Crippen LogP) is 1.38. The van der Waals surface area contributed by atoms with Gasteiger partial charge in [-0.05, 0) is 36.7 Å². The molecule has 0 amide bonds. The molecule has 1 aromatic rings. The Morgan fingerprint density at radius 3 is 3.00 bits per heavy atom. The van der Waals surface area contributed by atoms with Gasteiger partial charge in [0, 0.05) is 35.9 Å². The Balaban J connectivity index is 2.30. The van der Waals surface area contributed by atoms with Crippen molar-refractivity contribution in [1.82, 2.24) is 10.2 Å². The van der Waals surface area contributed by atoms with Crippen LogP contribution >= 0.6 is 0 Å². The van der Waals surface area contributed by atoms with Crippen molar-refractivity contribution >= 4 is 10.2 Å². The molecule has 85 valence electrons. The van der Waals surface area contributed by atoms with Crippen LogP contribution in [0, 0.1) is 13.8 Å². The molecule has 1 aromatic carbocycles. The molecule has 16 heavy (non-hydrogen) atoms. The Bertz CT molecular complexity index is 365. The van der Waals surface area contributed by atoms with Gasteiger partial charge in [0.05, 0.1) is 0 Å². The van der Waals surface area contributed by atoms with E-state index in [-0.39, 0.29) is 0 Å². The third-order valence-electron chi connectivity index (χ3n) is 3.56. The summed E-state index contributed by atoms with van der Waals surface area (Å²) in [4.78, 5) is 2.48. The number of rotatable bonds is 2. The van der Waals surface area contributed by atoms with Crippen molar-refractivity contribution in [3.63, 3.8) is 0 Å². The Morgan fingerprint density at radius 1 is 1.44 bits per heavy atom. The topological polar surface area (TPSA) is 15.3 Å². The Kier molecular flexibility index (Phi) is 3.79. The van der Waals surface area contributed by atoms with Crippen molar-refractivity contribution in [1.29, 1.82) is 0 Å². The summed E-state index contributed by atoms with van der Waals surface area (Å²) >= 11 is 0. The molecule has 1 saturated heterocycles. The van der Waals surface area contributed by atoms with E-state index in [1.54, 1.807) is 0 Å². The molecule has 3 radical (unpaired) electrons. The molecule has 1 aliphatic rings. The summed E-state index contributed by atoms with van der Waals surface area (Å²) in [7, 11) is 3.64. The van der Waals surface area contributed by atoms with Crippen LogP contribution in [0.2, 0.25) is 0 Å². The maximum atomic E-state index is 3.64. The van der Waals surface area contributed by atoms with Crippen LogP contribution in [0.4, 0.5) is 0 Å². The number of nitrogens with zero attached hydrogens (tertiary/aromatic N) is 1.